The molecule has 1 heterocycles. The van der Waals surface area contributed by atoms with E-state index in [0.717, 1.165) is 26.1 Å². The van der Waals surface area contributed by atoms with E-state index in [1.54, 1.807) is 0 Å². The quantitative estimate of drug-likeness (QED) is 0.716. The van der Waals surface area contributed by atoms with Crippen LogP contribution in [0.5, 0.6) is 0 Å². The van der Waals surface area contributed by atoms with E-state index < -0.39 is 0 Å². The van der Waals surface area contributed by atoms with Crippen molar-refractivity contribution >= 4 is 0 Å². The van der Waals surface area contributed by atoms with E-state index in [4.69, 9.17) is 5.73 Å². The van der Waals surface area contributed by atoms with Crippen LogP contribution in [0.25, 0.3) is 0 Å². The number of rotatable bonds is 8. The van der Waals surface area contributed by atoms with Gasteiger partial charge in [-0.15, -0.1) is 0 Å². The molecule has 1 fully saturated rings. The Bertz CT molecular complexity index is 232. The van der Waals surface area contributed by atoms with Gasteiger partial charge in [-0.05, 0) is 33.4 Å². The Labute approximate surface area is 119 Å². The van der Waals surface area contributed by atoms with E-state index in [1.165, 1.54) is 39.1 Å². The molecule has 19 heavy (non-hydrogen) atoms. The Morgan fingerprint density at radius 1 is 1.11 bits per heavy atom. The lowest BCUT2D eigenvalue weighted by atomic mass is 9.96. The predicted molar refractivity (Wildman–Crippen MR) is 83.6 cm³/mol. The highest BCUT2D eigenvalue weighted by Gasteiger charge is 2.28. The minimum atomic E-state index is 0.169. The SMILES string of the molecule is CCCN(CCN1CCN(C)CC1)C(C)(CC)CN. The van der Waals surface area contributed by atoms with Crippen molar-refractivity contribution in [2.45, 2.75) is 39.2 Å². The molecule has 4 heteroatoms. The van der Waals surface area contributed by atoms with Gasteiger partial charge in [0.15, 0.2) is 0 Å². The van der Waals surface area contributed by atoms with Crippen LogP contribution >= 0.6 is 0 Å². The van der Waals surface area contributed by atoms with Crippen LogP contribution in [0.4, 0.5) is 0 Å². The van der Waals surface area contributed by atoms with Crippen LogP contribution in [-0.4, -0.2) is 79.6 Å². The Morgan fingerprint density at radius 2 is 1.74 bits per heavy atom. The Hall–Kier alpha value is -0.160. The Balaban J connectivity index is 2.45. The van der Waals surface area contributed by atoms with Crippen molar-refractivity contribution in [1.29, 1.82) is 0 Å². The van der Waals surface area contributed by atoms with E-state index in [-0.39, 0.29) is 5.54 Å². The van der Waals surface area contributed by atoms with Crippen molar-refractivity contribution in [2.24, 2.45) is 5.73 Å². The molecule has 0 aliphatic carbocycles. The first-order chi connectivity index (χ1) is 9.05. The third kappa shape index (κ3) is 5.03. The molecule has 1 aliphatic heterocycles. The summed E-state index contributed by atoms with van der Waals surface area (Å²) < 4.78 is 0. The molecule has 4 nitrogen and oxygen atoms in total. The van der Waals surface area contributed by atoms with Gasteiger partial charge in [0.05, 0.1) is 0 Å². The summed E-state index contributed by atoms with van der Waals surface area (Å²) >= 11 is 0. The molecular formula is C15H34N4. The molecule has 1 saturated heterocycles. The molecule has 0 amide bonds. The molecule has 0 bridgehead atoms. The zero-order valence-corrected chi connectivity index (χ0v) is 13.5. The van der Waals surface area contributed by atoms with Crippen molar-refractivity contribution < 1.29 is 0 Å². The highest BCUT2D eigenvalue weighted by molar-refractivity contribution is 4.86. The molecule has 0 aromatic heterocycles. The summed E-state index contributed by atoms with van der Waals surface area (Å²) in [7, 11) is 2.21. The summed E-state index contributed by atoms with van der Waals surface area (Å²) in [5, 5.41) is 0. The molecule has 2 N–H and O–H groups in total. The fraction of sp³-hybridized carbons (Fsp3) is 1.00. The summed E-state index contributed by atoms with van der Waals surface area (Å²) in [5.74, 6) is 0. The molecule has 1 aliphatic rings. The van der Waals surface area contributed by atoms with Crippen molar-refractivity contribution in [1.82, 2.24) is 14.7 Å². The Morgan fingerprint density at radius 3 is 2.21 bits per heavy atom. The number of nitrogens with two attached hydrogens (primary N) is 1. The largest absolute Gasteiger partial charge is 0.329 e. The van der Waals surface area contributed by atoms with E-state index in [0.29, 0.717) is 0 Å². The zero-order valence-electron chi connectivity index (χ0n) is 13.5. The third-order valence-corrected chi connectivity index (χ3v) is 4.74. The van der Waals surface area contributed by atoms with Gasteiger partial charge >= 0.3 is 0 Å². The van der Waals surface area contributed by atoms with Gasteiger partial charge < -0.3 is 10.6 Å². The highest BCUT2D eigenvalue weighted by atomic mass is 15.3. The lowest BCUT2D eigenvalue weighted by molar-refractivity contribution is 0.0765. The molecule has 0 aromatic rings. The van der Waals surface area contributed by atoms with Crippen LogP contribution in [0.1, 0.15) is 33.6 Å². The minimum absolute atomic E-state index is 0.169. The predicted octanol–water partition coefficient (Wildman–Crippen LogP) is 1.07. The smallest absolute Gasteiger partial charge is 0.0301 e. The number of hydrogen-bond donors (Lipinski definition) is 1. The molecule has 114 valence electrons. The van der Waals surface area contributed by atoms with Gasteiger partial charge in [-0.3, -0.25) is 9.80 Å². The average Bonchev–Trinajstić information content (AvgIpc) is 2.44. The molecule has 0 radical (unpaired) electrons. The van der Waals surface area contributed by atoms with Gasteiger partial charge in [0.1, 0.15) is 0 Å². The molecule has 1 atom stereocenters. The maximum Gasteiger partial charge on any atom is 0.0301 e. The van der Waals surface area contributed by atoms with Crippen molar-refractivity contribution in [3.8, 4) is 0 Å². The normalized spacial score (nSPS) is 21.8. The van der Waals surface area contributed by atoms with E-state index >= 15 is 0 Å². The van der Waals surface area contributed by atoms with Crippen LogP contribution < -0.4 is 5.73 Å². The minimum Gasteiger partial charge on any atom is -0.329 e. The molecule has 1 rings (SSSR count). The molecular weight excluding hydrogens is 236 g/mol. The third-order valence-electron chi connectivity index (χ3n) is 4.74. The van der Waals surface area contributed by atoms with Gasteiger partial charge in [-0.1, -0.05) is 13.8 Å². The fourth-order valence-electron chi connectivity index (χ4n) is 2.75. The second-order valence-electron chi connectivity index (χ2n) is 6.19. The first-order valence-corrected chi connectivity index (χ1v) is 7.91. The lowest BCUT2D eigenvalue weighted by Gasteiger charge is -2.42. The van der Waals surface area contributed by atoms with Gasteiger partial charge in [-0.25, -0.2) is 0 Å². The molecule has 0 saturated carbocycles. The second-order valence-corrected chi connectivity index (χ2v) is 6.19. The van der Waals surface area contributed by atoms with Crippen LogP contribution in [-0.2, 0) is 0 Å². The first-order valence-electron chi connectivity index (χ1n) is 7.91. The van der Waals surface area contributed by atoms with Crippen molar-refractivity contribution in [2.75, 3.05) is 59.4 Å². The topological polar surface area (TPSA) is 35.7 Å². The standard InChI is InChI=1S/C15H34N4/c1-5-7-19(15(3,6-2)14-16)13-12-18-10-8-17(4)9-11-18/h5-14,16H2,1-4H3. The average molecular weight is 270 g/mol. The number of nitrogens with zero attached hydrogens (tertiary/aromatic N) is 3. The molecule has 0 aromatic carbocycles. The monoisotopic (exact) mass is 270 g/mol. The van der Waals surface area contributed by atoms with Crippen molar-refractivity contribution in [3.05, 3.63) is 0 Å². The summed E-state index contributed by atoms with van der Waals surface area (Å²) in [6.07, 6.45) is 2.34. The first kappa shape index (κ1) is 16.9. The van der Waals surface area contributed by atoms with Gasteiger partial charge in [0, 0.05) is 51.4 Å². The van der Waals surface area contributed by atoms with Gasteiger partial charge in [0.2, 0.25) is 0 Å². The van der Waals surface area contributed by atoms with E-state index in [1.807, 2.05) is 0 Å². The summed E-state index contributed by atoms with van der Waals surface area (Å²) in [4.78, 5) is 7.61. The number of hydrogen-bond acceptors (Lipinski definition) is 4. The fourth-order valence-corrected chi connectivity index (χ4v) is 2.75. The summed E-state index contributed by atoms with van der Waals surface area (Å²) in [6, 6.07) is 0. The van der Waals surface area contributed by atoms with Gasteiger partial charge in [-0.2, -0.15) is 0 Å². The number of piperazine rings is 1. The number of likely N-dealkylation sites (N-methyl/N-ethyl adjacent to an activating group) is 1. The summed E-state index contributed by atoms with van der Waals surface area (Å²) in [5.41, 5.74) is 6.18. The Kier molecular flexibility index (Phi) is 7.29. The zero-order chi connectivity index (χ0) is 14.3. The van der Waals surface area contributed by atoms with Crippen LogP contribution in [0.2, 0.25) is 0 Å². The maximum atomic E-state index is 6.01. The maximum absolute atomic E-state index is 6.01. The lowest BCUT2D eigenvalue weighted by Crippen LogP contribution is -2.54. The van der Waals surface area contributed by atoms with E-state index in [9.17, 15) is 0 Å². The summed E-state index contributed by atoms with van der Waals surface area (Å²) in [6.45, 7) is 15.9. The highest BCUT2D eigenvalue weighted by Crippen LogP contribution is 2.18. The van der Waals surface area contributed by atoms with Crippen LogP contribution in [0.3, 0.4) is 0 Å². The second kappa shape index (κ2) is 8.20. The van der Waals surface area contributed by atoms with E-state index in [2.05, 4.69) is 42.5 Å². The molecule has 1 unspecified atom stereocenters. The van der Waals surface area contributed by atoms with Crippen LogP contribution in [0.15, 0.2) is 0 Å². The molecule has 0 spiro atoms. The van der Waals surface area contributed by atoms with Crippen LogP contribution in [0, 0.1) is 0 Å². The van der Waals surface area contributed by atoms with Gasteiger partial charge in [0.25, 0.3) is 0 Å². The van der Waals surface area contributed by atoms with Crippen molar-refractivity contribution in [3.63, 3.8) is 0 Å².